The second kappa shape index (κ2) is 8.24. The molecular formula is C21H19IN2O5. The summed E-state index contributed by atoms with van der Waals surface area (Å²) in [6.07, 6.45) is 1.44. The molecule has 7 nitrogen and oxygen atoms in total. The normalized spacial score (nSPS) is 15.6. The summed E-state index contributed by atoms with van der Waals surface area (Å²) >= 11 is 2.08. The first-order valence-electron chi connectivity index (χ1n) is 8.67. The Balaban J connectivity index is 2.09. The minimum absolute atomic E-state index is 0.145. The Morgan fingerprint density at radius 2 is 1.79 bits per heavy atom. The van der Waals surface area contributed by atoms with Gasteiger partial charge in [-0.1, -0.05) is 12.1 Å². The third-order valence-corrected chi connectivity index (χ3v) is 5.49. The number of hydrogen-bond acceptors (Lipinski definition) is 5. The number of barbiturate groups is 1. The van der Waals surface area contributed by atoms with Crippen molar-refractivity contribution in [2.45, 2.75) is 13.8 Å². The van der Waals surface area contributed by atoms with Crippen molar-refractivity contribution >= 4 is 52.2 Å². The minimum atomic E-state index is -0.771. The van der Waals surface area contributed by atoms with E-state index in [9.17, 15) is 14.4 Å². The quantitative estimate of drug-likeness (QED) is 0.390. The summed E-state index contributed by atoms with van der Waals surface area (Å²) in [5.41, 5.74) is 2.58. The van der Waals surface area contributed by atoms with Crippen molar-refractivity contribution in [2.24, 2.45) is 0 Å². The average molecular weight is 506 g/mol. The van der Waals surface area contributed by atoms with Crippen LogP contribution in [0.1, 0.15) is 16.7 Å². The lowest BCUT2D eigenvalue weighted by Crippen LogP contribution is -2.54. The summed E-state index contributed by atoms with van der Waals surface area (Å²) < 4.78 is 11.4. The lowest BCUT2D eigenvalue weighted by atomic mass is 10.0. The number of carbonyl (C=O) groups is 3. The molecule has 1 heterocycles. The van der Waals surface area contributed by atoms with Gasteiger partial charge in [0.25, 0.3) is 11.8 Å². The van der Waals surface area contributed by atoms with Gasteiger partial charge in [0.05, 0.1) is 23.5 Å². The van der Waals surface area contributed by atoms with E-state index >= 15 is 0 Å². The number of hydrogen-bond donors (Lipinski definition) is 1. The van der Waals surface area contributed by atoms with Crippen LogP contribution in [0.15, 0.2) is 35.9 Å². The molecule has 2 aromatic rings. The number of nitrogens with one attached hydrogen (secondary N) is 1. The van der Waals surface area contributed by atoms with Crippen LogP contribution in [0.4, 0.5) is 10.5 Å². The highest BCUT2D eigenvalue weighted by atomic mass is 127. The van der Waals surface area contributed by atoms with E-state index in [4.69, 9.17) is 9.47 Å². The first kappa shape index (κ1) is 20.8. The van der Waals surface area contributed by atoms with E-state index in [1.165, 1.54) is 20.3 Å². The number of carbonyl (C=O) groups excluding carboxylic acids is 3. The molecule has 1 saturated heterocycles. The van der Waals surface area contributed by atoms with E-state index in [-0.39, 0.29) is 5.57 Å². The Morgan fingerprint density at radius 1 is 1.07 bits per heavy atom. The highest BCUT2D eigenvalue weighted by Gasteiger charge is 2.37. The average Bonchev–Trinajstić information content (AvgIpc) is 2.67. The monoisotopic (exact) mass is 506 g/mol. The number of nitrogens with zero attached hydrogens (tertiary/aromatic N) is 1. The molecule has 3 rings (SSSR count). The Bertz CT molecular complexity index is 1060. The van der Waals surface area contributed by atoms with Gasteiger partial charge in [0.1, 0.15) is 5.57 Å². The molecule has 1 fully saturated rings. The maximum atomic E-state index is 13.1. The molecule has 1 N–H and O–H groups in total. The van der Waals surface area contributed by atoms with Crippen LogP contribution in [0.2, 0.25) is 0 Å². The van der Waals surface area contributed by atoms with Crippen molar-refractivity contribution in [1.29, 1.82) is 0 Å². The Labute approximate surface area is 181 Å². The maximum Gasteiger partial charge on any atom is 0.335 e. The number of rotatable bonds is 4. The molecule has 29 heavy (non-hydrogen) atoms. The Kier molecular flexibility index (Phi) is 5.92. The summed E-state index contributed by atoms with van der Waals surface area (Å²) in [6.45, 7) is 3.71. The second-order valence-corrected chi connectivity index (χ2v) is 7.58. The van der Waals surface area contributed by atoms with Crippen molar-refractivity contribution in [3.63, 3.8) is 0 Å². The van der Waals surface area contributed by atoms with Crippen LogP contribution in [-0.2, 0) is 9.59 Å². The SMILES string of the molecule is COc1cc(/C=C2\C(=O)NC(=O)N(c3cccc(C)c3C)C2=O)cc(I)c1OC. The second-order valence-electron chi connectivity index (χ2n) is 6.42. The van der Waals surface area contributed by atoms with Crippen LogP contribution in [0, 0.1) is 17.4 Å². The fourth-order valence-electron chi connectivity index (χ4n) is 3.04. The third-order valence-electron chi connectivity index (χ3n) is 4.69. The first-order chi connectivity index (χ1) is 13.8. The molecule has 1 aliphatic heterocycles. The van der Waals surface area contributed by atoms with Crippen LogP contribution in [0.3, 0.4) is 0 Å². The molecule has 0 unspecified atom stereocenters. The molecule has 4 amide bonds. The van der Waals surface area contributed by atoms with E-state index in [2.05, 4.69) is 27.9 Å². The van der Waals surface area contributed by atoms with Gasteiger partial charge < -0.3 is 9.47 Å². The summed E-state index contributed by atoms with van der Waals surface area (Å²) in [7, 11) is 3.04. The molecule has 0 bridgehead atoms. The minimum Gasteiger partial charge on any atom is -0.493 e. The van der Waals surface area contributed by atoms with Crippen molar-refractivity contribution < 1.29 is 23.9 Å². The van der Waals surface area contributed by atoms with Gasteiger partial charge in [0, 0.05) is 0 Å². The van der Waals surface area contributed by atoms with Crippen LogP contribution < -0.4 is 19.7 Å². The van der Waals surface area contributed by atoms with E-state index in [0.717, 1.165) is 19.6 Å². The zero-order chi connectivity index (χ0) is 21.3. The maximum absolute atomic E-state index is 13.1. The van der Waals surface area contributed by atoms with Gasteiger partial charge in [-0.05, 0) is 77.4 Å². The zero-order valence-corrected chi connectivity index (χ0v) is 18.5. The van der Waals surface area contributed by atoms with Gasteiger partial charge in [0.15, 0.2) is 11.5 Å². The van der Waals surface area contributed by atoms with Crippen LogP contribution >= 0.6 is 22.6 Å². The summed E-state index contributed by atoms with van der Waals surface area (Å²) in [4.78, 5) is 38.9. The molecule has 0 aromatic heterocycles. The topological polar surface area (TPSA) is 84.9 Å². The fourth-order valence-corrected chi connectivity index (χ4v) is 3.89. The Morgan fingerprint density at radius 3 is 2.45 bits per heavy atom. The summed E-state index contributed by atoms with van der Waals surface area (Å²) in [5.74, 6) is -0.400. The lowest BCUT2D eigenvalue weighted by Gasteiger charge is -2.28. The smallest absolute Gasteiger partial charge is 0.335 e. The van der Waals surface area contributed by atoms with Gasteiger partial charge in [-0.15, -0.1) is 0 Å². The molecule has 2 aromatic carbocycles. The fraction of sp³-hybridized carbons (Fsp3) is 0.190. The number of methoxy groups -OCH3 is 2. The number of anilines is 1. The van der Waals surface area contributed by atoms with Crippen LogP contribution in [0.5, 0.6) is 11.5 Å². The van der Waals surface area contributed by atoms with Crippen LogP contribution in [-0.4, -0.2) is 32.1 Å². The number of urea groups is 1. The predicted octanol–water partition coefficient (Wildman–Crippen LogP) is 3.59. The number of aryl methyl sites for hydroxylation is 1. The van der Waals surface area contributed by atoms with Gasteiger partial charge in [0.2, 0.25) is 0 Å². The standard InChI is InChI=1S/C21H19IN2O5/c1-11-6-5-7-16(12(11)2)24-20(26)14(19(25)23-21(24)27)8-13-9-15(22)18(29-4)17(10-13)28-3/h5-10H,1-4H3,(H,23,25,27)/b14-8+. The molecule has 0 radical (unpaired) electrons. The first-order valence-corrected chi connectivity index (χ1v) is 9.75. The molecular weight excluding hydrogens is 487 g/mol. The highest BCUT2D eigenvalue weighted by Crippen LogP contribution is 2.34. The molecule has 0 spiro atoms. The third kappa shape index (κ3) is 3.84. The van der Waals surface area contributed by atoms with E-state index < -0.39 is 17.8 Å². The van der Waals surface area contributed by atoms with E-state index in [1.807, 2.05) is 19.9 Å². The molecule has 0 saturated carbocycles. The highest BCUT2D eigenvalue weighted by molar-refractivity contribution is 14.1. The Hall–Kier alpha value is -2.88. The van der Waals surface area contributed by atoms with Gasteiger partial charge in [-0.25, -0.2) is 9.69 Å². The predicted molar refractivity (Wildman–Crippen MR) is 117 cm³/mol. The largest absolute Gasteiger partial charge is 0.493 e. The summed E-state index contributed by atoms with van der Waals surface area (Å²) in [6, 6.07) is 7.97. The number of imide groups is 2. The molecule has 0 atom stereocenters. The number of ether oxygens (including phenoxy) is 2. The van der Waals surface area contributed by atoms with Crippen molar-refractivity contribution in [1.82, 2.24) is 5.32 Å². The molecule has 1 aliphatic rings. The van der Waals surface area contributed by atoms with Crippen molar-refractivity contribution in [3.05, 3.63) is 56.2 Å². The number of benzene rings is 2. The molecule has 8 heteroatoms. The molecule has 150 valence electrons. The van der Waals surface area contributed by atoms with E-state index in [0.29, 0.717) is 22.7 Å². The van der Waals surface area contributed by atoms with Crippen molar-refractivity contribution in [3.8, 4) is 11.5 Å². The van der Waals surface area contributed by atoms with E-state index in [1.54, 1.807) is 24.3 Å². The van der Waals surface area contributed by atoms with Crippen LogP contribution in [0.25, 0.3) is 6.08 Å². The number of halogens is 1. The van der Waals surface area contributed by atoms with Gasteiger partial charge >= 0.3 is 6.03 Å². The van der Waals surface area contributed by atoms with Gasteiger partial charge in [-0.3, -0.25) is 14.9 Å². The molecule has 0 aliphatic carbocycles. The van der Waals surface area contributed by atoms with Crippen molar-refractivity contribution in [2.75, 3.05) is 19.1 Å². The lowest BCUT2D eigenvalue weighted by molar-refractivity contribution is -0.122. The summed E-state index contributed by atoms with van der Waals surface area (Å²) in [5, 5.41) is 2.24. The zero-order valence-electron chi connectivity index (χ0n) is 16.3. The number of amides is 4. The van der Waals surface area contributed by atoms with Gasteiger partial charge in [-0.2, -0.15) is 0 Å².